The number of carbonyl (C=O) groups is 1. The van der Waals surface area contributed by atoms with E-state index in [0.717, 1.165) is 26.3 Å². The quantitative estimate of drug-likeness (QED) is 0.875. The Hall–Kier alpha value is -1.66. The summed E-state index contributed by atoms with van der Waals surface area (Å²) in [6, 6.07) is 3.39. The molecule has 6 nitrogen and oxygen atoms in total. The Morgan fingerprint density at radius 3 is 2.71 bits per heavy atom. The SMILES string of the molecule is COc1ccc(C(=O)NCC(C)(C)N2CCOCC2)cn1. The van der Waals surface area contributed by atoms with Crippen molar-refractivity contribution in [3.8, 4) is 5.88 Å². The molecule has 1 aromatic heterocycles. The monoisotopic (exact) mass is 293 g/mol. The molecule has 6 heteroatoms. The van der Waals surface area contributed by atoms with Gasteiger partial charge in [0, 0.05) is 37.4 Å². The summed E-state index contributed by atoms with van der Waals surface area (Å²) in [5, 5.41) is 2.97. The summed E-state index contributed by atoms with van der Waals surface area (Å²) in [6.07, 6.45) is 1.52. The number of ether oxygens (including phenoxy) is 2. The highest BCUT2D eigenvalue weighted by Gasteiger charge is 2.28. The lowest BCUT2D eigenvalue weighted by Gasteiger charge is -2.40. The molecule has 0 unspecified atom stereocenters. The minimum atomic E-state index is -0.119. The second-order valence-corrected chi connectivity index (χ2v) is 5.68. The average molecular weight is 293 g/mol. The van der Waals surface area contributed by atoms with Gasteiger partial charge in [-0.25, -0.2) is 4.98 Å². The van der Waals surface area contributed by atoms with Crippen LogP contribution in [0.15, 0.2) is 18.3 Å². The smallest absolute Gasteiger partial charge is 0.252 e. The number of methoxy groups -OCH3 is 1. The summed E-state index contributed by atoms with van der Waals surface area (Å²) in [4.78, 5) is 18.5. The van der Waals surface area contributed by atoms with Gasteiger partial charge in [0.25, 0.3) is 5.91 Å². The third kappa shape index (κ3) is 4.15. The van der Waals surface area contributed by atoms with Crippen molar-refractivity contribution in [3.05, 3.63) is 23.9 Å². The topological polar surface area (TPSA) is 63.7 Å². The second kappa shape index (κ2) is 6.87. The fraction of sp³-hybridized carbons (Fsp3) is 0.600. The van der Waals surface area contributed by atoms with Crippen LogP contribution < -0.4 is 10.1 Å². The van der Waals surface area contributed by atoms with E-state index >= 15 is 0 Å². The first-order chi connectivity index (χ1) is 10.0. The van der Waals surface area contributed by atoms with Crippen molar-refractivity contribution in [2.75, 3.05) is 40.0 Å². The molecule has 1 fully saturated rings. The van der Waals surface area contributed by atoms with Crippen molar-refractivity contribution in [2.45, 2.75) is 19.4 Å². The Balaban J connectivity index is 1.89. The van der Waals surface area contributed by atoms with E-state index in [2.05, 4.69) is 29.0 Å². The minimum absolute atomic E-state index is 0.0979. The van der Waals surface area contributed by atoms with E-state index in [1.165, 1.54) is 6.20 Å². The first-order valence-corrected chi connectivity index (χ1v) is 7.14. The van der Waals surface area contributed by atoms with Gasteiger partial charge >= 0.3 is 0 Å². The van der Waals surface area contributed by atoms with Crippen LogP contribution in [0.4, 0.5) is 0 Å². The number of hydrogen-bond acceptors (Lipinski definition) is 5. The molecule has 0 aliphatic carbocycles. The Kier molecular flexibility index (Phi) is 5.14. The van der Waals surface area contributed by atoms with Crippen LogP contribution in [-0.2, 0) is 4.74 Å². The number of amides is 1. The molecular weight excluding hydrogens is 270 g/mol. The molecule has 116 valence electrons. The van der Waals surface area contributed by atoms with Crippen LogP contribution in [-0.4, -0.2) is 61.3 Å². The number of pyridine rings is 1. The molecule has 0 saturated carbocycles. The van der Waals surface area contributed by atoms with Crippen molar-refractivity contribution >= 4 is 5.91 Å². The number of carbonyl (C=O) groups excluding carboxylic acids is 1. The molecule has 1 saturated heterocycles. The fourth-order valence-electron chi connectivity index (χ4n) is 2.31. The van der Waals surface area contributed by atoms with E-state index in [1.807, 2.05) is 0 Å². The normalized spacial score (nSPS) is 16.5. The van der Waals surface area contributed by atoms with Crippen LogP contribution in [0.2, 0.25) is 0 Å². The summed E-state index contributed by atoms with van der Waals surface area (Å²) in [7, 11) is 1.55. The molecule has 2 rings (SSSR count). The third-order valence-electron chi connectivity index (χ3n) is 3.76. The highest BCUT2D eigenvalue weighted by Crippen LogP contribution is 2.15. The molecule has 1 amide bonds. The number of nitrogens with zero attached hydrogens (tertiary/aromatic N) is 2. The van der Waals surface area contributed by atoms with E-state index in [0.29, 0.717) is 18.0 Å². The molecule has 1 aliphatic heterocycles. The van der Waals surface area contributed by atoms with E-state index in [1.54, 1.807) is 19.2 Å². The number of morpholine rings is 1. The number of aromatic nitrogens is 1. The number of rotatable bonds is 5. The second-order valence-electron chi connectivity index (χ2n) is 5.68. The summed E-state index contributed by atoms with van der Waals surface area (Å²) >= 11 is 0. The Morgan fingerprint density at radius 1 is 1.43 bits per heavy atom. The van der Waals surface area contributed by atoms with Gasteiger partial charge in [0.05, 0.1) is 25.9 Å². The zero-order valence-corrected chi connectivity index (χ0v) is 12.9. The van der Waals surface area contributed by atoms with Gasteiger partial charge in [-0.3, -0.25) is 9.69 Å². The van der Waals surface area contributed by atoms with Gasteiger partial charge in [-0.2, -0.15) is 0 Å². The van der Waals surface area contributed by atoms with Crippen LogP contribution in [0.5, 0.6) is 5.88 Å². The fourth-order valence-corrected chi connectivity index (χ4v) is 2.31. The average Bonchev–Trinajstić information content (AvgIpc) is 2.53. The molecular formula is C15H23N3O3. The molecule has 0 spiro atoms. The summed E-state index contributed by atoms with van der Waals surface area (Å²) in [5.74, 6) is 0.381. The maximum atomic E-state index is 12.1. The van der Waals surface area contributed by atoms with Crippen LogP contribution in [0.25, 0.3) is 0 Å². The lowest BCUT2D eigenvalue weighted by atomic mass is 10.0. The van der Waals surface area contributed by atoms with Gasteiger partial charge in [0.2, 0.25) is 5.88 Å². The molecule has 1 aromatic rings. The van der Waals surface area contributed by atoms with Gasteiger partial charge < -0.3 is 14.8 Å². The van der Waals surface area contributed by atoms with Gasteiger partial charge in [-0.05, 0) is 19.9 Å². The molecule has 0 radical (unpaired) electrons. The van der Waals surface area contributed by atoms with E-state index < -0.39 is 0 Å². The maximum Gasteiger partial charge on any atom is 0.252 e. The van der Waals surface area contributed by atoms with Crippen LogP contribution in [0.1, 0.15) is 24.2 Å². The molecule has 0 atom stereocenters. The van der Waals surface area contributed by atoms with Gasteiger partial charge in [0.1, 0.15) is 0 Å². The van der Waals surface area contributed by atoms with Gasteiger partial charge in [-0.15, -0.1) is 0 Å². The van der Waals surface area contributed by atoms with Crippen LogP contribution >= 0.6 is 0 Å². The van der Waals surface area contributed by atoms with Crippen LogP contribution in [0, 0.1) is 0 Å². The lowest BCUT2D eigenvalue weighted by molar-refractivity contribution is -0.00923. The van der Waals surface area contributed by atoms with Gasteiger partial charge in [0.15, 0.2) is 0 Å². The van der Waals surface area contributed by atoms with Gasteiger partial charge in [-0.1, -0.05) is 0 Å². The van der Waals surface area contributed by atoms with Crippen molar-refractivity contribution in [1.82, 2.24) is 15.2 Å². The first kappa shape index (κ1) is 15.7. The van der Waals surface area contributed by atoms with Crippen molar-refractivity contribution < 1.29 is 14.3 Å². The molecule has 1 N–H and O–H groups in total. The van der Waals surface area contributed by atoms with E-state index in [9.17, 15) is 4.79 Å². The van der Waals surface area contributed by atoms with Crippen LogP contribution in [0.3, 0.4) is 0 Å². The summed E-state index contributed by atoms with van der Waals surface area (Å²) in [5.41, 5.74) is 0.438. The largest absolute Gasteiger partial charge is 0.481 e. The Bertz CT molecular complexity index is 468. The maximum absolute atomic E-state index is 12.1. The van der Waals surface area contributed by atoms with Crippen molar-refractivity contribution in [2.24, 2.45) is 0 Å². The zero-order chi connectivity index (χ0) is 15.3. The number of nitrogens with one attached hydrogen (secondary N) is 1. The third-order valence-corrected chi connectivity index (χ3v) is 3.76. The zero-order valence-electron chi connectivity index (χ0n) is 12.9. The predicted molar refractivity (Wildman–Crippen MR) is 79.6 cm³/mol. The van der Waals surface area contributed by atoms with Crippen molar-refractivity contribution in [1.29, 1.82) is 0 Å². The molecule has 0 bridgehead atoms. The number of hydrogen-bond donors (Lipinski definition) is 1. The highest BCUT2D eigenvalue weighted by atomic mass is 16.5. The Morgan fingerprint density at radius 2 is 2.14 bits per heavy atom. The van der Waals surface area contributed by atoms with Crippen molar-refractivity contribution in [3.63, 3.8) is 0 Å². The van der Waals surface area contributed by atoms with E-state index in [4.69, 9.17) is 9.47 Å². The highest BCUT2D eigenvalue weighted by molar-refractivity contribution is 5.93. The minimum Gasteiger partial charge on any atom is -0.481 e. The summed E-state index contributed by atoms with van der Waals surface area (Å²) < 4.78 is 10.3. The molecule has 0 aromatic carbocycles. The summed E-state index contributed by atoms with van der Waals surface area (Å²) in [6.45, 7) is 8.13. The first-order valence-electron chi connectivity index (χ1n) is 7.14. The Labute approximate surface area is 125 Å². The lowest BCUT2D eigenvalue weighted by Crippen LogP contribution is -2.55. The molecule has 2 heterocycles. The molecule has 1 aliphatic rings. The van der Waals surface area contributed by atoms with E-state index in [-0.39, 0.29) is 11.4 Å². The predicted octanol–water partition coefficient (Wildman–Crippen LogP) is 0.931. The molecule has 21 heavy (non-hydrogen) atoms. The standard InChI is InChI=1S/C15H23N3O3/c1-15(2,18-6-8-21-9-7-18)11-17-14(19)12-4-5-13(20-3)16-10-12/h4-5,10H,6-9,11H2,1-3H3,(H,17,19).